The van der Waals surface area contributed by atoms with Gasteiger partial charge in [0, 0.05) is 38.5 Å². The molecule has 5 heteroatoms. The third-order valence-corrected chi connectivity index (χ3v) is 5.60. The molecular formula is C24H30N2O3. The molecule has 1 aliphatic heterocycles. The molecular weight excluding hydrogens is 364 g/mol. The van der Waals surface area contributed by atoms with Crippen molar-refractivity contribution in [2.75, 3.05) is 27.2 Å². The van der Waals surface area contributed by atoms with E-state index in [1.165, 1.54) is 0 Å². The fraction of sp³-hybridized carbons (Fsp3) is 0.417. The lowest BCUT2D eigenvalue weighted by Gasteiger charge is -2.25. The van der Waals surface area contributed by atoms with Gasteiger partial charge in [-0.3, -0.25) is 9.59 Å². The maximum atomic E-state index is 13.4. The zero-order chi connectivity index (χ0) is 21.0. The normalized spacial score (nSPS) is 18.7. The Morgan fingerprint density at radius 2 is 1.83 bits per heavy atom. The van der Waals surface area contributed by atoms with Gasteiger partial charge in [-0.15, -0.1) is 0 Å². The van der Waals surface area contributed by atoms with E-state index in [0.29, 0.717) is 19.6 Å². The fourth-order valence-electron chi connectivity index (χ4n) is 4.03. The highest BCUT2D eigenvalue weighted by molar-refractivity contribution is 5.84. The van der Waals surface area contributed by atoms with Gasteiger partial charge in [0.15, 0.2) is 0 Å². The Balaban J connectivity index is 1.85. The molecule has 29 heavy (non-hydrogen) atoms. The van der Waals surface area contributed by atoms with Crippen LogP contribution >= 0.6 is 0 Å². The largest absolute Gasteiger partial charge is 0.497 e. The van der Waals surface area contributed by atoms with Gasteiger partial charge >= 0.3 is 0 Å². The van der Waals surface area contributed by atoms with Gasteiger partial charge in [0.2, 0.25) is 11.8 Å². The summed E-state index contributed by atoms with van der Waals surface area (Å²) < 4.78 is 5.37. The highest BCUT2D eigenvalue weighted by atomic mass is 16.5. The average molecular weight is 395 g/mol. The summed E-state index contributed by atoms with van der Waals surface area (Å²) in [6, 6.07) is 17.8. The first-order chi connectivity index (χ1) is 13.9. The van der Waals surface area contributed by atoms with Crippen LogP contribution in [0.25, 0.3) is 0 Å². The number of benzene rings is 2. The van der Waals surface area contributed by atoms with Gasteiger partial charge in [0.05, 0.1) is 13.0 Å². The highest BCUT2D eigenvalue weighted by Crippen LogP contribution is 2.36. The van der Waals surface area contributed by atoms with E-state index < -0.39 is 0 Å². The SMILES string of the molecule is COc1cccc([C@H]2CN(C(=O)C(C)C)C[C@@H]2C(=O)N(C)Cc2ccccc2)c1. The lowest BCUT2D eigenvalue weighted by molar-refractivity contribution is -0.136. The summed E-state index contributed by atoms with van der Waals surface area (Å²) >= 11 is 0. The quantitative estimate of drug-likeness (QED) is 0.753. The van der Waals surface area contributed by atoms with E-state index in [2.05, 4.69) is 0 Å². The van der Waals surface area contributed by atoms with Crippen molar-refractivity contribution >= 4 is 11.8 Å². The van der Waals surface area contributed by atoms with Crippen molar-refractivity contribution in [3.8, 4) is 5.75 Å². The van der Waals surface area contributed by atoms with Gasteiger partial charge in [-0.25, -0.2) is 0 Å². The van der Waals surface area contributed by atoms with Gasteiger partial charge in [0.1, 0.15) is 5.75 Å². The van der Waals surface area contributed by atoms with Crippen LogP contribution in [0, 0.1) is 11.8 Å². The third kappa shape index (κ3) is 4.78. The van der Waals surface area contributed by atoms with E-state index in [1.54, 1.807) is 12.0 Å². The number of likely N-dealkylation sites (tertiary alicyclic amines) is 1. The van der Waals surface area contributed by atoms with Crippen LogP contribution in [0.1, 0.15) is 30.9 Å². The Labute approximate surface area is 173 Å². The van der Waals surface area contributed by atoms with Gasteiger partial charge in [-0.05, 0) is 23.3 Å². The number of carbonyl (C=O) groups excluding carboxylic acids is 2. The van der Waals surface area contributed by atoms with Gasteiger partial charge in [-0.2, -0.15) is 0 Å². The lowest BCUT2D eigenvalue weighted by atomic mass is 9.88. The maximum Gasteiger partial charge on any atom is 0.228 e. The molecule has 2 atom stereocenters. The second-order valence-electron chi connectivity index (χ2n) is 8.07. The minimum absolute atomic E-state index is 0.0430. The van der Waals surface area contributed by atoms with E-state index in [0.717, 1.165) is 16.9 Å². The summed E-state index contributed by atoms with van der Waals surface area (Å²) in [5.74, 6) is 0.536. The van der Waals surface area contributed by atoms with Crippen LogP contribution in [0.3, 0.4) is 0 Å². The summed E-state index contributed by atoms with van der Waals surface area (Å²) in [6.45, 7) is 5.37. The molecule has 0 saturated carbocycles. The van der Waals surface area contributed by atoms with Crippen molar-refractivity contribution in [2.45, 2.75) is 26.3 Å². The molecule has 0 aromatic heterocycles. The van der Waals surface area contributed by atoms with Gasteiger partial charge < -0.3 is 14.5 Å². The smallest absolute Gasteiger partial charge is 0.228 e. The number of hydrogen-bond donors (Lipinski definition) is 0. The number of nitrogens with zero attached hydrogens (tertiary/aromatic N) is 2. The van der Waals surface area contributed by atoms with Crippen molar-refractivity contribution in [2.24, 2.45) is 11.8 Å². The van der Waals surface area contributed by atoms with E-state index in [1.807, 2.05) is 80.4 Å². The molecule has 1 saturated heterocycles. The molecule has 1 fully saturated rings. The van der Waals surface area contributed by atoms with Crippen LogP contribution in [0.4, 0.5) is 0 Å². The summed E-state index contributed by atoms with van der Waals surface area (Å²) in [5.41, 5.74) is 2.13. The predicted octanol–water partition coefficient (Wildman–Crippen LogP) is 3.55. The number of rotatable bonds is 6. The molecule has 2 amide bonds. The first-order valence-electron chi connectivity index (χ1n) is 10.1. The lowest BCUT2D eigenvalue weighted by Crippen LogP contribution is -2.37. The minimum atomic E-state index is -0.265. The van der Waals surface area contributed by atoms with Crippen molar-refractivity contribution in [1.82, 2.24) is 9.80 Å². The van der Waals surface area contributed by atoms with Crippen molar-refractivity contribution < 1.29 is 14.3 Å². The molecule has 0 unspecified atom stereocenters. The van der Waals surface area contributed by atoms with E-state index in [-0.39, 0.29) is 29.6 Å². The molecule has 5 nitrogen and oxygen atoms in total. The molecule has 0 aliphatic carbocycles. The number of methoxy groups -OCH3 is 1. The van der Waals surface area contributed by atoms with E-state index >= 15 is 0 Å². The zero-order valence-corrected chi connectivity index (χ0v) is 17.7. The Kier molecular flexibility index (Phi) is 6.57. The van der Waals surface area contributed by atoms with Gasteiger partial charge in [-0.1, -0.05) is 56.3 Å². The number of hydrogen-bond acceptors (Lipinski definition) is 3. The molecule has 2 aromatic carbocycles. The van der Waals surface area contributed by atoms with Crippen LogP contribution in [0.5, 0.6) is 5.75 Å². The monoisotopic (exact) mass is 394 g/mol. The van der Waals surface area contributed by atoms with Crippen LogP contribution in [0.15, 0.2) is 54.6 Å². The molecule has 2 aromatic rings. The van der Waals surface area contributed by atoms with Crippen LogP contribution < -0.4 is 4.74 Å². The van der Waals surface area contributed by atoms with E-state index in [4.69, 9.17) is 4.74 Å². The summed E-state index contributed by atoms with van der Waals surface area (Å²) in [7, 11) is 3.48. The summed E-state index contributed by atoms with van der Waals surface area (Å²) in [5, 5.41) is 0. The highest BCUT2D eigenvalue weighted by Gasteiger charge is 2.41. The number of ether oxygens (including phenoxy) is 1. The standard InChI is InChI=1S/C24H30N2O3/c1-17(2)23(27)26-15-21(19-11-8-12-20(13-19)29-4)22(16-26)24(28)25(3)14-18-9-6-5-7-10-18/h5-13,17,21-22H,14-16H2,1-4H3/t21-,22+/m1/s1. The Bertz CT molecular complexity index is 850. The topological polar surface area (TPSA) is 49.9 Å². The van der Waals surface area contributed by atoms with Crippen LogP contribution in [0.2, 0.25) is 0 Å². The number of amides is 2. The third-order valence-electron chi connectivity index (χ3n) is 5.60. The average Bonchev–Trinajstić information content (AvgIpc) is 3.18. The van der Waals surface area contributed by atoms with Crippen molar-refractivity contribution in [1.29, 1.82) is 0 Å². The zero-order valence-electron chi connectivity index (χ0n) is 17.7. The Morgan fingerprint density at radius 3 is 2.48 bits per heavy atom. The van der Waals surface area contributed by atoms with Crippen LogP contribution in [-0.4, -0.2) is 48.9 Å². The predicted molar refractivity (Wildman–Crippen MR) is 114 cm³/mol. The summed E-state index contributed by atoms with van der Waals surface area (Å²) in [4.78, 5) is 29.6. The molecule has 3 rings (SSSR count). The van der Waals surface area contributed by atoms with E-state index in [9.17, 15) is 9.59 Å². The minimum Gasteiger partial charge on any atom is -0.497 e. The first-order valence-corrected chi connectivity index (χ1v) is 10.1. The molecule has 1 aliphatic rings. The second kappa shape index (κ2) is 9.12. The van der Waals surface area contributed by atoms with Gasteiger partial charge in [0.25, 0.3) is 0 Å². The van der Waals surface area contributed by atoms with Crippen molar-refractivity contribution in [3.63, 3.8) is 0 Å². The summed E-state index contributed by atoms with van der Waals surface area (Å²) in [6.07, 6.45) is 0. The molecule has 1 heterocycles. The van der Waals surface area contributed by atoms with Crippen molar-refractivity contribution in [3.05, 3.63) is 65.7 Å². The molecule has 0 radical (unpaired) electrons. The fourth-order valence-corrected chi connectivity index (χ4v) is 4.03. The Morgan fingerprint density at radius 1 is 1.10 bits per heavy atom. The van der Waals surface area contributed by atoms with Crippen LogP contribution in [-0.2, 0) is 16.1 Å². The second-order valence-corrected chi connectivity index (χ2v) is 8.07. The Hall–Kier alpha value is -2.82. The first kappa shape index (κ1) is 20.9. The molecule has 0 bridgehead atoms. The number of carbonyl (C=O) groups is 2. The molecule has 154 valence electrons. The molecule has 0 spiro atoms. The molecule has 0 N–H and O–H groups in total. The maximum absolute atomic E-state index is 13.4.